The molecule has 1 atom stereocenters. The summed E-state index contributed by atoms with van der Waals surface area (Å²) in [5.41, 5.74) is 3.93. The van der Waals surface area contributed by atoms with E-state index in [4.69, 9.17) is 4.74 Å². The Hall–Kier alpha value is -5.26. The van der Waals surface area contributed by atoms with E-state index in [1.807, 2.05) is 49.6 Å². The van der Waals surface area contributed by atoms with E-state index < -0.39 is 29.3 Å². The SMILES string of the molecule is CC(C)(C)OC(=O)N1CC2(C1)CN(c1ccc(-c3cc(F)c4c(c3)C(=O)N(C(C(=O)Nc3ccccn3)c3ncn5c3CCC5)C4)cc1)C2. The number of nitrogens with one attached hydrogen (secondary N) is 1. The summed E-state index contributed by atoms with van der Waals surface area (Å²) in [5.74, 6) is -0.995. The molecule has 2 fully saturated rings. The van der Waals surface area contributed by atoms with E-state index in [2.05, 4.69) is 20.2 Å². The van der Waals surface area contributed by atoms with E-state index in [1.165, 1.54) is 11.0 Å². The van der Waals surface area contributed by atoms with Crippen molar-refractivity contribution in [2.45, 2.75) is 58.3 Å². The van der Waals surface area contributed by atoms with Gasteiger partial charge in [0.2, 0.25) is 0 Å². The number of hydrogen-bond donors (Lipinski definition) is 1. The second-order valence-electron chi connectivity index (χ2n) is 14.6. The number of pyridine rings is 1. The number of halogens is 1. The van der Waals surface area contributed by atoms with Gasteiger partial charge < -0.3 is 29.3 Å². The number of likely N-dealkylation sites (tertiary alicyclic amines) is 1. The number of hydrogen-bond acceptors (Lipinski definition) is 7. The molecule has 6 heterocycles. The molecule has 0 saturated carbocycles. The molecule has 4 aliphatic heterocycles. The first kappa shape index (κ1) is 31.0. The van der Waals surface area contributed by atoms with Gasteiger partial charge in [-0.3, -0.25) is 9.59 Å². The van der Waals surface area contributed by atoms with E-state index in [0.717, 1.165) is 49.4 Å². The van der Waals surface area contributed by atoms with Crippen LogP contribution in [0, 0.1) is 11.2 Å². The molecular weight excluding hydrogens is 625 g/mol. The average molecular weight is 664 g/mol. The summed E-state index contributed by atoms with van der Waals surface area (Å²) in [7, 11) is 0. The zero-order chi connectivity index (χ0) is 34.1. The highest BCUT2D eigenvalue weighted by molar-refractivity contribution is 6.04. The van der Waals surface area contributed by atoms with Crippen molar-refractivity contribution >= 4 is 29.4 Å². The molecule has 1 spiro atoms. The Morgan fingerprint density at radius 2 is 1.78 bits per heavy atom. The number of anilines is 2. The zero-order valence-electron chi connectivity index (χ0n) is 27.8. The maximum atomic E-state index is 15.8. The van der Waals surface area contributed by atoms with Crippen molar-refractivity contribution in [1.29, 1.82) is 0 Å². The summed E-state index contributed by atoms with van der Waals surface area (Å²) in [5, 5.41) is 2.84. The molecule has 2 saturated heterocycles. The number of carbonyl (C=O) groups excluding carboxylic acids is 3. The summed E-state index contributed by atoms with van der Waals surface area (Å²) < 4.78 is 23.3. The van der Waals surface area contributed by atoms with Crippen molar-refractivity contribution in [1.82, 2.24) is 24.3 Å². The van der Waals surface area contributed by atoms with Crippen molar-refractivity contribution in [2.24, 2.45) is 5.41 Å². The molecule has 3 amide bonds. The fourth-order valence-corrected chi connectivity index (χ4v) is 7.57. The van der Waals surface area contributed by atoms with Gasteiger partial charge in [-0.1, -0.05) is 18.2 Å². The summed E-state index contributed by atoms with van der Waals surface area (Å²) in [6, 6.07) is 15.2. The maximum Gasteiger partial charge on any atom is 0.410 e. The largest absolute Gasteiger partial charge is 0.444 e. The Labute approximate surface area is 283 Å². The summed E-state index contributed by atoms with van der Waals surface area (Å²) in [6.07, 6.45) is 4.69. The predicted molar refractivity (Wildman–Crippen MR) is 180 cm³/mol. The standard InChI is InChI=1S/C37H38FN7O4/c1-36(2,3)49-35(48)44-20-37(21-44)18-43(19-37)25-11-9-23(10-12-25)24-15-26-27(28(38)16-24)17-45(34(26)47)32(31-29-7-6-14-42(29)22-40-31)33(46)41-30-8-4-5-13-39-30/h4-5,8-13,15-16,22,32H,6-7,14,17-21H2,1-3H3,(H,39,41,46). The lowest BCUT2D eigenvalue weighted by Crippen LogP contribution is -2.73. The van der Waals surface area contributed by atoms with Crippen LogP contribution in [0.2, 0.25) is 0 Å². The molecule has 1 unspecified atom stereocenters. The lowest BCUT2D eigenvalue weighted by molar-refractivity contribution is -0.121. The van der Waals surface area contributed by atoms with Crippen LogP contribution in [0.1, 0.15) is 60.5 Å². The van der Waals surface area contributed by atoms with E-state index in [0.29, 0.717) is 30.2 Å². The second kappa shape index (κ2) is 11.4. The fourth-order valence-electron chi connectivity index (χ4n) is 7.57. The van der Waals surface area contributed by atoms with E-state index in [9.17, 15) is 14.4 Å². The molecule has 252 valence electrons. The molecule has 0 radical (unpaired) electrons. The number of imidazole rings is 1. The monoisotopic (exact) mass is 663 g/mol. The number of ether oxygens (including phenoxy) is 1. The van der Waals surface area contributed by atoms with Crippen LogP contribution >= 0.6 is 0 Å². The first-order chi connectivity index (χ1) is 23.5. The molecule has 12 heteroatoms. The Morgan fingerprint density at radius 1 is 1.00 bits per heavy atom. The highest BCUT2D eigenvalue weighted by atomic mass is 19.1. The maximum absolute atomic E-state index is 15.8. The fraction of sp³-hybridized carbons (Fsp3) is 0.378. The lowest BCUT2D eigenvalue weighted by Gasteiger charge is -2.60. The molecule has 11 nitrogen and oxygen atoms in total. The Balaban J connectivity index is 0.986. The molecule has 49 heavy (non-hydrogen) atoms. The number of aromatic nitrogens is 3. The summed E-state index contributed by atoms with van der Waals surface area (Å²) in [4.78, 5) is 54.5. The molecule has 1 N–H and O–H groups in total. The van der Waals surface area contributed by atoms with Crippen molar-refractivity contribution in [3.8, 4) is 11.1 Å². The van der Waals surface area contributed by atoms with E-state index >= 15 is 4.39 Å². The third kappa shape index (κ3) is 5.58. The number of rotatable bonds is 6. The predicted octanol–water partition coefficient (Wildman–Crippen LogP) is 5.42. The Kier molecular flexibility index (Phi) is 7.23. The highest BCUT2D eigenvalue weighted by Gasteiger charge is 2.54. The minimum Gasteiger partial charge on any atom is -0.444 e. The zero-order valence-corrected chi connectivity index (χ0v) is 27.8. The highest BCUT2D eigenvalue weighted by Crippen LogP contribution is 2.43. The van der Waals surface area contributed by atoms with Crippen molar-refractivity contribution in [3.63, 3.8) is 0 Å². The van der Waals surface area contributed by atoms with Gasteiger partial charge in [-0.05, 0) is 81.1 Å². The third-order valence-electron chi connectivity index (χ3n) is 9.86. The van der Waals surface area contributed by atoms with Gasteiger partial charge in [0, 0.05) is 66.8 Å². The second-order valence-corrected chi connectivity index (χ2v) is 14.6. The minimum absolute atomic E-state index is 0.0477. The summed E-state index contributed by atoms with van der Waals surface area (Å²) in [6.45, 7) is 9.42. The van der Waals surface area contributed by atoms with Gasteiger partial charge in [0.25, 0.3) is 11.8 Å². The van der Waals surface area contributed by atoms with E-state index in [-0.39, 0.29) is 29.2 Å². The lowest BCUT2D eigenvalue weighted by atomic mass is 9.73. The number of fused-ring (bicyclic) bond motifs is 2. The van der Waals surface area contributed by atoms with Gasteiger partial charge >= 0.3 is 6.09 Å². The molecule has 0 aliphatic carbocycles. The van der Waals surface area contributed by atoms with Crippen molar-refractivity contribution in [2.75, 3.05) is 36.4 Å². The molecule has 2 aromatic carbocycles. The number of carbonyl (C=O) groups is 3. The average Bonchev–Trinajstić information content (AvgIpc) is 3.73. The van der Waals surface area contributed by atoms with Gasteiger partial charge in [-0.25, -0.2) is 19.2 Å². The van der Waals surface area contributed by atoms with Crippen LogP contribution in [-0.2, 0) is 29.0 Å². The van der Waals surface area contributed by atoms with Crippen LogP contribution < -0.4 is 10.2 Å². The van der Waals surface area contributed by atoms with Crippen LogP contribution in [-0.4, -0.2) is 74.0 Å². The van der Waals surface area contributed by atoms with Gasteiger partial charge in [0.1, 0.15) is 17.2 Å². The number of aryl methyl sites for hydroxylation is 1. The van der Waals surface area contributed by atoms with Crippen LogP contribution in [0.3, 0.4) is 0 Å². The quantitative estimate of drug-likeness (QED) is 0.293. The number of amides is 3. The van der Waals surface area contributed by atoms with Crippen molar-refractivity contribution < 1.29 is 23.5 Å². The normalized spacial score (nSPS) is 18.1. The molecule has 4 aliphatic rings. The van der Waals surface area contributed by atoms with Crippen molar-refractivity contribution in [3.05, 3.63) is 95.5 Å². The van der Waals surface area contributed by atoms with Gasteiger partial charge in [-0.15, -0.1) is 0 Å². The number of benzene rings is 2. The van der Waals surface area contributed by atoms with Crippen LogP contribution in [0.15, 0.2) is 67.1 Å². The Morgan fingerprint density at radius 3 is 2.49 bits per heavy atom. The smallest absolute Gasteiger partial charge is 0.410 e. The van der Waals surface area contributed by atoms with Crippen LogP contribution in [0.25, 0.3) is 11.1 Å². The third-order valence-corrected chi connectivity index (χ3v) is 9.86. The van der Waals surface area contributed by atoms with E-state index in [1.54, 1.807) is 41.7 Å². The summed E-state index contributed by atoms with van der Waals surface area (Å²) >= 11 is 0. The molecule has 8 rings (SSSR count). The van der Waals surface area contributed by atoms with Crippen LogP contribution in [0.4, 0.5) is 20.7 Å². The first-order valence-electron chi connectivity index (χ1n) is 16.7. The topological polar surface area (TPSA) is 113 Å². The van der Waals surface area contributed by atoms with Crippen LogP contribution in [0.5, 0.6) is 0 Å². The first-order valence-corrected chi connectivity index (χ1v) is 16.7. The molecular formula is C37H38FN7O4. The number of nitrogens with zero attached hydrogens (tertiary/aromatic N) is 6. The van der Waals surface area contributed by atoms with Gasteiger partial charge in [0.15, 0.2) is 6.04 Å². The minimum atomic E-state index is -1.05. The Bertz CT molecular complexity index is 1960. The molecule has 0 bridgehead atoms. The van der Waals surface area contributed by atoms with Gasteiger partial charge in [0.05, 0.1) is 18.6 Å². The van der Waals surface area contributed by atoms with Gasteiger partial charge in [-0.2, -0.15) is 0 Å². The molecule has 4 aromatic rings. The molecule has 2 aromatic heterocycles.